The van der Waals surface area contributed by atoms with E-state index in [1.54, 1.807) is 16.3 Å². The Balaban J connectivity index is 2.16. The summed E-state index contributed by atoms with van der Waals surface area (Å²) in [5.41, 5.74) is 5.79. The average Bonchev–Trinajstić information content (AvgIpc) is 3.12. The van der Waals surface area contributed by atoms with Crippen LogP contribution in [0.4, 0.5) is 0 Å². The number of primary amides is 1. The quantitative estimate of drug-likeness (QED) is 0.813. The van der Waals surface area contributed by atoms with Gasteiger partial charge in [0.05, 0.1) is 17.0 Å². The molecule has 0 saturated heterocycles. The highest BCUT2D eigenvalue weighted by Gasteiger charge is 2.28. The molecule has 1 aliphatic carbocycles. The zero-order valence-electron chi connectivity index (χ0n) is 11.7. The fourth-order valence-corrected chi connectivity index (χ4v) is 3.31. The molecule has 1 aliphatic rings. The van der Waals surface area contributed by atoms with Gasteiger partial charge >= 0.3 is 0 Å². The maximum Gasteiger partial charge on any atom is 0.255 e. The van der Waals surface area contributed by atoms with E-state index >= 15 is 0 Å². The first-order valence-corrected chi connectivity index (χ1v) is 7.77. The number of carbonyl (C=O) groups excluding carboxylic acids is 2. The fraction of sp³-hybridized carbons (Fsp3) is 0.467. The summed E-state index contributed by atoms with van der Waals surface area (Å²) < 4.78 is 0. The molecule has 2 rings (SSSR count). The van der Waals surface area contributed by atoms with Crippen LogP contribution in [0.15, 0.2) is 11.4 Å². The summed E-state index contributed by atoms with van der Waals surface area (Å²) in [6.45, 7) is -0.256. The van der Waals surface area contributed by atoms with Gasteiger partial charge in [0, 0.05) is 11.4 Å². The number of rotatable bonds is 4. The summed E-state index contributed by atoms with van der Waals surface area (Å²) in [4.78, 5) is 26.1. The molecule has 0 radical (unpaired) electrons. The van der Waals surface area contributed by atoms with E-state index in [1.807, 2.05) is 0 Å². The van der Waals surface area contributed by atoms with Crippen molar-refractivity contribution in [2.75, 3.05) is 13.2 Å². The van der Waals surface area contributed by atoms with E-state index in [0.717, 1.165) is 30.6 Å². The summed E-state index contributed by atoms with van der Waals surface area (Å²) >= 11 is 1.35. The van der Waals surface area contributed by atoms with Crippen LogP contribution < -0.4 is 5.73 Å². The average molecular weight is 306 g/mol. The van der Waals surface area contributed by atoms with Crippen LogP contribution in [-0.2, 0) is 4.79 Å². The molecule has 21 heavy (non-hydrogen) atoms. The first kappa shape index (κ1) is 15.5. The van der Waals surface area contributed by atoms with Gasteiger partial charge in [-0.05, 0) is 18.9 Å². The Morgan fingerprint density at radius 3 is 2.76 bits per heavy atom. The molecule has 1 saturated carbocycles. The van der Waals surface area contributed by atoms with Crippen molar-refractivity contribution >= 4 is 23.2 Å². The highest BCUT2D eigenvalue weighted by molar-refractivity contribution is 7.10. The third-order valence-electron chi connectivity index (χ3n) is 3.49. The van der Waals surface area contributed by atoms with Crippen LogP contribution in [0.1, 0.15) is 40.9 Å². The van der Waals surface area contributed by atoms with Crippen molar-refractivity contribution in [3.8, 4) is 11.8 Å². The van der Waals surface area contributed by atoms with Crippen LogP contribution in [0, 0.1) is 11.8 Å². The van der Waals surface area contributed by atoms with Gasteiger partial charge in [-0.3, -0.25) is 9.59 Å². The van der Waals surface area contributed by atoms with Gasteiger partial charge in [-0.1, -0.05) is 24.7 Å². The molecule has 1 fully saturated rings. The van der Waals surface area contributed by atoms with E-state index < -0.39 is 5.91 Å². The number of nitrogens with two attached hydrogens (primary N) is 1. The van der Waals surface area contributed by atoms with Crippen molar-refractivity contribution in [1.82, 2.24) is 4.90 Å². The molecule has 2 amide bonds. The second-order valence-corrected chi connectivity index (χ2v) is 5.91. The lowest BCUT2D eigenvalue weighted by Gasteiger charge is -2.27. The second-order valence-electron chi connectivity index (χ2n) is 5.00. The smallest absolute Gasteiger partial charge is 0.255 e. The minimum Gasteiger partial charge on any atom is -0.384 e. The van der Waals surface area contributed by atoms with Gasteiger partial charge in [0.25, 0.3) is 5.91 Å². The van der Waals surface area contributed by atoms with E-state index in [-0.39, 0.29) is 25.1 Å². The van der Waals surface area contributed by atoms with E-state index in [9.17, 15) is 9.59 Å². The standard InChI is InChI=1S/C15H18N2O3S/c16-14(19)9-17(12-4-1-2-5-12)15(20)11-8-13(21-10-11)6-3-7-18/h8,10,12,18H,1-2,4-5,7,9H2,(H2,16,19). The van der Waals surface area contributed by atoms with E-state index in [2.05, 4.69) is 11.8 Å². The molecule has 112 valence electrons. The predicted octanol–water partition coefficient (Wildman–Crippen LogP) is 0.962. The molecule has 1 aromatic rings. The van der Waals surface area contributed by atoms with Crippen molar-refractivity contribution in [1.29, 1.82) is 0 Å². The maximum absolute atomic E-state index is 12.6. The molecule has 1 aromatic heterocycles. The summed E-state index contributed by atoms with van der Waals surface area (Å²) in [7, 11) is 0. The summed E-state index contributed by atoms with van der Waals surface area (Å²) in [6, 6.07) is 1.79. The Kier molecular flexibility index (Phi) is 5.37. The van der Waals surface area contributed by atoms with Gasteiger partial charge in [-0.2, -0.15) is 0 Å². The van der Waals surface area contributed by atoms with Crippen molar-refractivity contribution in [3.63, 3.8) is 0 Å². The lowest BCUT2D eigenvalue weighted by Crippen LogP contribution is -2.44. The van der Waals surface area contributed by atoms with Crippen molar-refractivity contribution in [2.45, 2.75) is 31.7 Å². The lowest BCUT2D eigenvalue weighted by atomic mass is 10.1. The largest absolute Gasteiger partial charge is 0.384 e. The number of thiophene rings is 1. The van der Waals surface area contributed by atoms with Gasteiger partial charge in [0.2, 0.25) is 5.91 Å². The number of amides is 2. The van der Waals surface area contributed by atoms with Crippen LogP contribution in [0.3, 0.4) is 0 Å². The Morgan fingerprint density at radius 1 is 1.43 bits per heavy atom. The molecule has 0 unspecified atom stereocenters. The molecule has 0 bridgehead atoms. The SMILES string of the molecule is NC(=O)CN(C(=O)c1csc(C#CCO)c1)C1CCCC1. The highest BCUT2D eigenvalue weighted by Crippen LogP contribution is 2.25. The molecule has 5 nitrogen and oxygen atoms in total. The van der Waals surface area contributed by atoms with E-state index in [4.69, 9.17) is 10.8 Å². The Hall–Kier alpha value is -1.84. The molecule has 1 heterocycles. The topological polar surface area (TPSA) is 83.6 Å². The molecule has 0 spiro atoms. The van der Waals surface area contributed by atoms with Crippen LogP contribution in [-0.4, -0.2) is 41.0 Å². The number of nitrogens with zero attached hydrogens (tertiary/aromatic N) is 1. The monoisotopic (exact) mass is 306 g/mol. The Labute approximate surface area is 127 Å². The number of aliphatic hydroxyl groups is 1. The molecular formula is C15H18N2O3S. The number of hydrogen-bond acceptors (Lipinski definition) is 4. The van der Waals surface area contributed by atoms with Gasteiger partial charge in [0.15, 0.2) is 0 Å². The van der Waals surface area contributed by atoms with Gasteiger partial charge in [-0.15, -0.1) is 11.3 Å². The first-order chi connectivity index (χ1) is 10.1. The van der Waals surface area contributed by atoms with Gasteiger partial charge in [0.1, 0.15) is 6.61 Å². The zero-order chi connectivity index (χ0) is 15.2. The minimum atomic E-state index is -0.495. The summed E-state index contributed by atoms with van der Waals surface area (Å²) in [5, 5.41) is 10.4. The number of carbonyl (C=O) groups is 2. The van der Waals surface area contributed by atoms with Crippen molar-refractivity contribution in [2.24, 2.45) is 5.73 Å². The molecule has 0 aromatic carbocycles. The second kappa shape index (κ2) is 7.25. The zero-order valence-corrected chi connectivity index (χ0v) is 12.5. The Morgan fingerprint density at radius 2 is 2.14 bits per heavy atom. The Bertz CT molecular complexity index is 579. The lowest BCUT2D eigenvalue weighted by molar-refractivity contribution is -0.119. The van der Waals surface area contributed by atoms with Crippen molar-refractivity contribution in [3.05, 3.63) is 21.9 Å². The van der Waals surface area contributed by atoms with Crippen LogP contribution in [0.2, 0.25) is 0 Å². The summed E-state index contributed by atoms with van der Waals surface area (Å²) in [6.07, 6.45) is 3.98. The van der Waals surface area contributed by atoms with Crippen molar-refractivity contribution < 1.29 is 14.7 Å². The van der Waals surface area contributed by atoms with E-state index in [0.29, 0.717) is 5.56 Å². The molecule has 3 N–H and O–H groups in total. The van der Waals surface area contributed by atoms with Crippen LogP contribution in [0.25, 0.3) is 0 Å². The van der Waals surface area contributed by atoms with Crippen LogP contribution in [0.5, 0.6) is 0 Å². The maximum atomic E-state index is 12.6. The molecule has 6 heteroatoms. The third kappa shape index (κ3) is 4.06. The molecular weight excluding hydrogens is 288 g/mol. The predicted molar refractivity (Wildman–Crippen MR) is 80.8 cm³/mol. The summed E-state index contributed by atoms with van der Waals surface area (Å²) in [5.74, 6) is 4.66. The fourth-order valence-electron chi connectivity index (χ4n) is 2.56. The van der Waals surface area contributed by atoms with E-state index in [1.165, 1.54) is 11.3 Å². The third-order valence-corrected chi connectivity index (χ3v) is 4.34. The normalized spacial score (nSPS) is 14.5. The first-order valence-electron chi connectivity index (χ1n) is 6.89. The van der Waals surface area contributed by atoms with Gasteiger partial charge < -0.3 is 15.7 Å². The number of hydrogen-bond donors (Lipinski definition) is 2. The number of aliphatic hydroxyl groups excluding tert-OH is 1. The highest BCUT2D eigenvalue weighted by atomic mass is 32.1. The van der Waals surface area contributed by atoms with Gasteiger partial charge in [-0.25, -0.2) is 0 Å². The van der Waals surface area contributed by atoms with Crippen LogP contribution >= 0.6 is 11.3 Å². The minimum absolute atomic E-state index is 0.0446. The molecule has 0 aliphatic heterocycles. The molecule has 0 atom stereocenters.